The SMILES string of the molecule is Fc1ccc(-c2cncc(CN3CCc4nc(-c5ccc(Cl)cc5)ncc4C3)c2)cc1. The van der Waals surface area contributed by atoms with E-state index in [1.54, 1.807) is 12.1 Å². The number of hydrogen-bond donors (Lipinski definition) is 0. The zero-order valence-corrected chi connectivity index (χ0v) is 17.6. The molecule has 5 rings (SSSR count). The van der Waals surface area contributed by atoms with E-state index in [0.29, 0.717) is 5.02 Å². The maximum atomic E-state index is 13.2. The van der Waals surface area contributed by atoms with E-state index in [0.717, 1.165) is 65.4 Å². The van der Waals surface area contributed by atoms with Gasteiger partial charge in [-0.2, -0.15) is 0 Å². The number of fused-ring (bicyclic) bond motifs is 1. The third-order valence-corrected chi connectivity index (χ3v) is 5.75. The highest BCUT2D eigenvalue weighted by Gasteiger charge is 2.19. The van der Waals surface area contributed by atoms with Crippen molar-refractivity contribution in [1.29, 1.82) is 0 Å². The van der Waals surface area contributed by atoms with Gasteiger partial charge in [0.1, 0.15) is 5.82 Å². The summed E-state index contributed by atoms with van der Waals surface area (Å²) in [6, 6.07) is 16.2. The smallest absolute Gasteiger partial charge is 0.159 e. The molecule has 0 aliphatic carbocycles. The van der Waals surface area contributed by atoms with Crippen LogP contribution in [-0.2, 0) is 19.5 Å². The summed E-state index contributed by atoms with van der Waals surface area (Å²) in [5, 5.41) is 0.704. The molecular formula is C25H20ClFN4. The summed E-state index contributed by atoms with van der Waals surface area (Å²) in [4.78, 5) is 16.1. The molecule has 0 saturated carbocycles. The largest absolute Gasteiger partial charge is 0.294 e. The Hall–Kier alpha value is -3.15. The Labute approximate surface area is 185 Å². The van der Waals surface area contributed by atoms with Gasteiger partial charge in [-0.1, -0.05) is 23.7 Å². The van der Waals surface area contributed by atoms with Gasteiger partial charge in [0, 0.05) is 66.4 Å². The van der Waals surface area contributed by atoms with Crippen LogP contribution in [0.3, 0.4) is 0 Å². The van der Waals surface area contributed by atoms with E-state index in [9.17, 15) is 4.39 Å². The fraction of sp³-hybridized carbons (Fsp3) is 0.160. The first kappa shape index (κ1) is 19.8. The third-order valence-electron chi connectivity index (χ3n) is 5.49. The van der Waals surface area contributed by atoms with Crippen LogP contribution in [0.25, 0.3) is 22.5 Å². The molecule has 0 amide bonds. The lowest BCUT2D eigenvalue weighted by molar-refractivity contribution is 0.242. The monoisotopic (exact) mass is 430 g/mol. The summed E-state index contributed by atoms with van der Waals surface area (Å²) >= 11 is 5.98. The van der Waals surface area contributed by atoms with Crippen LogP contribution in [0.5, 0.6) is 0 Å². The number of rotatable bonds is 4. The van der Waals surface area contributed by atoms with Gasteiger partial charge in [-0.25, -0.2) is 14.4 Å². The van der Waals surface area contributed by atoms with Crippen LogP contribution >= 0.6 is 11.6 Å². The molecule has 31 heavy (non-hydrogen) atoms. The second kappa shape index (κ2) is 8.53. The van der Waals surface area contributed by atoms with Crippen LogP contribution in [0, 0.1) is 5.82 Å². The molecule has 1 aliphatic heterocycles. The Bertz CT molecular complexity index is 1210. The molecule has 0 fully saturated rings. The number of hydrogen-bond acceptors (Lipinski definition) is 4. The quantitative estimate of drug-likeness (QED) is 0.425. The molecule has 4 nitrogen and oxygen atoms in total. The minimum Gasteiger partial charge on any atom is -0.294 e. The predicted molar refractivity (Wildman–Crippen MR) is 120 cm³/mol. The molecule has 0 N–H and O–H groups in total. The fourth-order valence-electron chi connectivity index (χ4n) is 3.88. The average molecular weight is 431 g/mol. The molecule has 154 valence electrons. The van der Waals surface area contributed by atoms with Gasteiger partial charge < -0.3 is 0 Å². The van der Waals surface area contributed by atoms with Crippen LogP contribution in [0.1, 0.15) is 16.8 Å². The van der Waals surface area contributed by atoms with Gasteiger partial charge in [-0.05, 0) is 53.6 Å². The van der Waals surface area contributed by atoms with E-state index in [2.05, 4.69) is 20.9 Å². The van der Waals surface area contributed by atoms with Gasteiger partial charge >= 0.3 is 0 Å². The van der Waals surface area contributed by atoms with Crippen molar-refractivity contribution in [2.75, 3.05) is 6.54 Å². The highest BCUT2D eigenvalue weighted by Crippen LogP contribution is 2.24. The molecule has 2 aromatic heterocycles. The molecule has 2 aromatic carbocycles. The number of pyridine rings is 1. The fourth-order valence-corrected chi connectivity index (χ4v) is 4.01. The maximum absolute atomic E-state index is 13.2. The first-order chi connectivity index (χ1) is 15.1. The topological polar surface area (TPSA) is 41.9 Å². The highest BCUT2D eigenvalue weighted by atomic mass is 35.5. The summed E-state index contributed by atoms with van der Waals surface area (Å²) < 4.78 is 13.2. The van der Waals surface area contributed by atoms with Crippen LogP contribution in [0.2, 0.25) is 5.02 Å². The van der Waals surface area contributed by atoms with Crippen LogP contribution < -0.4 is 0 Å². The zero-order valence-electron chi connectivity index (χ0n) is 16.8. The number of nitrogens with zero attached hydrogens (tertiary/aromatic N) is 4. The standard InChI is InChI=1S/C25H20ClFN4/c26-22-5-1-19(2-6-22)25-29-14-21-16-31(10-9-24(21)30-25)15-17-11-20(13-28-12-17)18-3-7-23(27)8-4-18/h1-8,11-14H,9-10,15-16H2. The zero-order chi connectivity index (χ0) is 21.2. The number of aromatic nitrogens is 3. The van der Waals surface area contributed by atoms with E-state index in [4.69, 9.17) is 16.6 Å². The first-order valence-electron chi connectivity index (χ1n) is 10.2. The molecule has 0 bridgehead atoms. The van der Waals surface area contributed by atoms with E-state index < -0.39 is 0 Å². The maximum Gasteiger partial charge on any atom is 0.159 e. The Balaban J connectivity index is 1.30. The van der Waals surface area contributed by atoms with Crippen molar-refractivity contribution in [3.63, 3.8) is 0 Å². The second-order valence-electron chi connectivity index (χ2n) is 7.72. The Morgan fingerprint density at radius 2 is 1.68 bits per heavy atom. The van der Waals surface area contributed by atoms with Crippen molar-refractivity contribution in [2.45, 2.75) is 19.5 Å². The molecule has 0 spiro atoms. The van der Waals surface area contributed by atoms with Gasteiger partial charge in [-0.15, -0.1) is 0 Å². The summed E-state index contributed by atoms with van der Waals surface area (Å²) in [6.07, 6.45) is 6.52. The van der Waals surface area contributed by atoms with E-state index in [1.165, 1.54) is 12.1 Å². The van der Waals surface area contributed by atoms with Crippen molar-refractivity contribution < 1.29 is 4.39 Å². The summed E-state index contributed by atoms with van der Waals surface area (Å²) in [6.45, 7) is 2.52. The molecular weight excluding hydrogens is 411 g/mol. The van der Waals surface area contributed by atoms with E-state index >= 15 is 0 Å². The van der Waals surface area contributed by atoms with Crippen LogP contribution in [0.4, 0.5) is 4.39 Å². The molecule has 0 radical (unpaired) electrons. The van der Waals surface area contributed by atoms with E-state index in [1.807, 2.05) is 42.9 Å². The summed E-state index contributed by atoms with van der Waals surface area (Å²) in [5.41, 5.74) is 6.32. The lowest BCUT2D eigenvalue weighted by Gasteiger charge is -2.28. The van der Waals surface area contributed by atoms with Crippen molar-refractivity contribution in [1.82, 2.24) is 19.9 Å². The van der Waals surface area contributed by atoms with Crippen molar-refractivity contribution in [2.24, 2.45) is 0 Å². The first-order valence-corrected chi connectivity index (χ1v) is 10.5. The highest BCUT2D eigenvalue weighted by molar-refractivity contribution is 6.30. The minimum atomic E-state index is -0.235. The lowest BCUT2D eigenvalue weighted by Crippen LogP contribution is -2.31. The average Bonchev–Trinajstić information content (AvgIpc) is 2.80. The van der Waals surface area contributed by atoms with Crippen molar-refractivity contribution in [3.05, 3.63) is 101 Å². The molecule has 3 heterocycles. The van der Waals surface area contributed by atoms with Crippen LogP contribution in [0.15, 0.2) is 73.2 Å². The Morgan fingerprint density at radius 1 is 0.903 bits per heavy atom. The second-order valence-corrected chi connectivity index (χ2v) is 8.16. The molecule has 0 saturated heterocycles. The molecule has 1 aliphatic rings. The van der Waals surface area contributed by atoms with Crippen molar-refractivity contribution in [3.8, 4) is 22.5 Å². The van der Waals surface area contributed by atoms with E-state index in [-0.39, 0.29) is 5.82 Å². The van der Waals surface area contributed by atoms with Gasteiger partial charge in [0.2, 0.25) is 0 Å². The molecule has 0 atom stereocenters. The molecule has 4 aromatic rings. The Kier molecular flexibility index (Phi) is 5.45. The van der Waals surface area contributed by atoms with Gasteiger partial charge in [0.15, 0.2) is 5.82 Å². The van der Waals surface area contributed by atoms with Gasteiger partial charge in [0.05, 0.1) is 5.69 Å². The predicted octanol–water partition coefficient (Wildman–Crippen LogP) is 5.56. The summed E-state index contributed by atoms with van der Waals surface area (Å²) in [7, 11) is 0. The lowest BCUT2D eigenvalue weighted by atomic mass is 10.0. The van der Waals surface area contributed by atoms with Gasteiger partial charge in [0.25, 0.3) is 0 Å². The normalized spacial score (nSPS) is 13.7. The van der Waals surface area contributed by atoms with Crippen molar-refractivity contribution >= 4 is 11.6 Å². The van der Waals surface area contributed by atoms with Crippen LogP contribution in [-0.4, -0.2) is 26.4 Å². The molecule has 6 heteroatoms. The van der Waals surface area contributed by atoms with Gasteiger partial charge in [-0.3, -0.25) is 9.88 Å². The third kappa shape index (κ3) is 4.48. The Morgan fingerprint density at radius 3 is 2.48 bits per heavy atom. The summed E-state index contributed by atoms with van der Waals surface area (Å²) in [5.74, 6) is 0.501. The molecule has 0 unspecified atom stereocenters. The number of halogens is 2. The minimum absolute atomic E-state index is 0.235. The number of benzene rings is 2.